The van der Waals surface area contributed by atoms with Crippen LogP contribution in [0.4, 0.5) is 5.69 Å². The van der Waals surface area contributed by atoms with Gasteiger partial charge in [-0.2, -0.15) is 0 Å². The van der Waals surface area contributed by atoms with E-state index in [1.807, 2.05) is 11.3 Å². The van der Waals surface area contributed by atoms with E-state index >= 15 is 0 Å². The van der Waals surface area contributed by atoms with Crippen molar-refractivity contribution >= 4 is 17.0 Å². The summed E-state index contributed by atoms with van der Waals surface area (Å²) in [4.78, 5) is 5.20. The van der Waals surface area contributed by atoms with E-state index in [1.165, 1.54) is 21.0 Å². The molecule has 3 heteroatoms. The summed E-state index contributed by atoms with van der Waals surface area (Å²) in [5.74, 6) is 0. The molecule has 1 aromatic carbocycles. The molecule has 0 spiro atoms. The molecule has 0 fully saturated rings. The van der Waals surface area contributed by atoms with E-state index in [2.05, 4.69) is 67.4 Å². The van der Waals surface area contributed by atoms with Crippen LogP contribution in [-0.4, -0.2) is 18.0 Å². The molecule has 20 heavy (non-hydrogen) atoms. The van der Waals surface area contributed by atoms with Gasteiger partial charge in [0.25, 0.3) is 0 Å². The van der Waals surface area contributed by atoms with Gasteiger partial charge in [-0.1, -0.05) is 32.0 Å². The minimum atomic E-state index is 0.910. The summed E-state index contributed by atoms with van der Waals surface area (Å²) in [5, 5.41) is 3.58. The van der Waals surface area contributed by atoms with Gasteiger partial charge >= 0.3 is 0 Å². The average molecular weight is 288 g/mol. The van der Waals surface area contributed by atoms with Crippen molar-refractivity contribution in [3.05, 3.63) is 51.7 Å². The third-order valence-electron chi connectivity index (χ3n) is 3.55. The Morgan fingerprint density at radius 2 is 1.80 bits per heavy atom. The Hall–Kier alpha value is -1.32. The zero-order valence-corrected chi connectivity index (χ0v) is 13.5. The number of aryl methyl sites for hydroxylation is 1. The molecule has 0 unspecified atom stereocenters. The van der Waals surface area contributed by atoms with Crippen molar-refractivity contribution in [2.75, 3.05) is 18.4 Å². The number of hydrogen-bond acceptors (Lipinski definition) is 3. The Bertz CT molecular complexity index is 529. The van der Waals surface area contributed by atoms with E-state index in [-0.39, 0.29) is 0 Å². The fraction of sp³-hybridized carbons (Fsp3) is 0.412. The topological polar surface area (TPSA) is 15.3 Å². The third-order valence-corrected chi connectivity index (χ3v) is 4.56. The van der Waals surface area contributed by atoms with Gasteiger partial charge < -0.3 is 5.32 Å². The molecule has 0 aliphatic heterocycles. The number of hydrogen-bond donors (Lipinski definition) is 1. The van der Waals surface area contributed by atoms with E-state index in [0.717, 1.165) is 26.2 Å². The molecule has 0 saturated carbocycles. The van der Waals surface area contributed by atoms with Gasteiger partial charge in [0, 0.05) is 28.5 Å². The summed E-state index contributed by atoms with van der Waals surface area (Å²) in [6.45, 7) is 10.7. The monoisotopic (exact) mass is 288 g/mol. The Balaban J connectivity index is 2.03. The second kappa shape index (κ2) is 7.46. The Morgan fingerprint density at radius 3 is 2.45 bits per heavy atom. The van der Waals surface area contributed by atoms with Crippen LogP contribution in [0.1, 0.15) is 29.2 Å². The predicted molar refractivity (Wildman–Crippen MR) is 89.4 cm³/mol. The SMILES string of the molecule is CCN(CC)Cc1ccccc1NCc1ccc(C)s1. The second-order valence-electron chi connectivity index (χ2n) is 4.98. The van der Waals surface area contributed by atoms with Crippen LogP contribution < -0.4 is 5.32 Å². The van der Waals surface area contributed by atoms with Gasteiger partial charge in [-0.25, -0.2) is 0 Å². The van der Waals surface area contributed by atoms with Crippen LogP contribution >= 0.6 is 11.3 Å². The lowest BCUT2D eigenvalue weighted by molar-refractivity contribution is 0.296. The Labute approximate surface area is 126 Å². The van der Waals surface area contributed by atoms with E-state index in [4.69, 9.17) is 0 Å². The molecule has 2 aromatic rings. The number of nitrogens with one attached hydrogen (secondary N) is 1. The minimum Gasteiger partial charge on any atom is -0.380 e. The van der Waals surface area contributed by atoms with Crippen LogP contribution in [0.15, 0.2) is 36.4 Å². The summed E-state index contributed by atoms with van der Waals surface area (Å²) in [6.07, 6.45) is 0. The average Bonchev–Trinajstić information content (AvgIpc) is 2.89. The molecule has 0 bridgehead atoms. The van der Waals surface area contributed by atoms with Crippen molar-refractivity contribution in [1.82, 2.24) is 4.90 Å². The maximum absolute atomic E-state index is 3.58. The normalized spacial score (nSPS) is 11.0. The fourth-order valence-electron chi connectivity index (χ4n) is 2.28. The van der Waals surface area contributed by atoms with Crippen LogP contribution in [0.2, 0.25) is 0 Å². The molecule has 0 amide bonds. The highest BCUT2D eigenvalue weighted by Gasteiger charge is 2.06. The highest BCUT2D eigenvalue weighted by molar-refractivity contribution is 7.11. The van der Waals surface area contributed by atoms with E-state index < -0.39 is 0 Å². The fourth-order valence-corrected chi connectivity index (χ4v) is 3.11. The van der Waals surface area contributed by atoms with Crippen LogP contribution in [0, 0.1) is 6.92 Å². The minimum absolute atomic E-state index is 0.910. The van der Waals surface area contributed by atoms with Crippen LogP contribution in [0.25, 0.3) is 0 Å². The first-order chi connectivity index (χ1) is 9.72. The summed E-state index contributed by atoms with van der Waals surface area (Å²) in [5.41, 5.74) is 2.63. The quantitative estimate of drug-likeness (QED) is 0.806. The Morgan fingerprint density at radius 1 is 1.05 bits per heavy atom. The first-order valence-electron chi connectivity index (χ1n) is 7.32. The van der Waals surface area contributed by atoms with Gasteiger partial charge in [0.15, 0.2) is 0 Å². The first kappa shape index (κ1) is 15.1. The molecule has 0 radical (unpaired) electrons. The number of rotatable bonds is 7. The predicted octanol–water partition coefficient (Wildman–Crippen LogP) is 4.51. The third kappa shape index (κ3) is 4.09. The molecular weight excluding hydrogens is 264 g/mol. The maximum Gasteiger partial charge on any atom is 0.0494 e. The molecule has 1 heterocycles. The van der Waals surface area contributed by atoms with E-state index in [1.54, 1.807) is 0 Å². The standard InChI is InChI=1S/C17H24N2S/c1-4-19(5-2)13-15-8-6-7-9-17(15)18-12-16-11-10-14(3)20-16/h6-11,18H,4-5,12-13H2,1-3H3. The number of benzene rings is 1. The summed E-state index contributed by atoms with van der Waals surface area (Å²) in [6, 6.07) is 13.0. The number of nitrogens with zero attached hydrogens (tertiary/aromatic N) is 1. The van der Waals surface area contributed by atoms with E-state index in [9.17, 15) is 0 Å². The molecule has 0 atom stereocenters. The van der Waals surface area contributed by atoms with Gasteiger partial charge in [0.2, 0.25) is 0 Å². The lowest BCUT2D eigenvalue weighted by Crippen LogP contribution is -2.22. The molecule has 0 aliphatic rings. The van der Waals surface area contributed by atoms with Crippen LogP contribution in [-0.2, 0) is 13.1 Å². The van der Waals surface area contributed by atoms with E-state index in [0.29, 0.717) is 0 Å². The van der Waals surface area contributed by atoms with Crippen molar-refractivity contribution in [1.29, 1.82) is 0 Å². The second-order valence-corrected chi connectivity index (χ2v) is 6.36. The number of para-hydroxylation sites is 1. The Kier molecular flexibility index (Phi) is 5.62. The molecule has 108 valence electrons. The van der Waals surface area contributed by atoms with Gasteiger partial charge in [-0.3, -0.25) is 4.90 Å². The maximum atomic E-state index is 3.58. The van der Waals surface area contributed by atoms with Crippen molar-refractivity contribution in [3.63, 3.8) is 0 Å². The molecule has 2 rings (SSSR count). The van der Waals surface area contributed by atoms with Gasteiger partial charge in [0.1, 0.15) is 0 Å². The molecule has 0 saturated heterocycles. The highest BCUT2D eigenvalue weighted by Crippen LogP contribution is 2.20. The molecular formula is C17H24N2S. The number of anilines is 1. The smallest absolute Gasteiger partial charge is 0.0494 e. The van der Waals surface area contributed by atoms with Crippen molar-refractivity contribution in [2.45, 2.75) is 33.9 Å². The summed E-state index contributed by atoms with van der Waals surface area (Å²) < 4.78 is 0. The van der Waals surface area contributed by atoms with Crippen molar-refractivity contribution in [3.8, 4) is 0 Å². The zero-order chi connectivity index (χ0) is 14.4. The van der Waals surface area contributed by atoms with Gasteiger partial charge in [-0.05, 0) is 43.8 Å². The first-order valence-corrected chi connectivity index (χ1v) is 8.14. The number of thiophene rings is 1. The van der Waals surface area contributed by atoms with Crippen LogP contribution in [0.3, 0.4) is 0 Å². The van der Waals surface area contributed by atoms with Crippen LogP contribution in [0.5, 0.6) is 0 Å². The van der Waals surface area contributed by atoms with Crippen molar-refractivity contribution < 1.29 is 0 Å². The zero-order valence-electron chi connectivity index (χ0n) is 12.6. The molecule has 1 aromatic heterocycles. The largest absolute Gasteiger partial charge is 0.380 e. The molecule has 0 aliphatic carbocycles. The lowest BCUT2D eigenvalue weighted by Gasteiger charge is -2.20. The van der Waals surface area contributed by atoms with Gasteiger partial charge in [-0.15, -0.1) is 11.3 Å². The molecule has 2 nitrogen and oxygen atoms in total. The summed E-state index contributed by atoms with van der Waals surface area (Å²) >= 11 is 1.86. The molecule has 1 N–H and O–H groups in total. The summed E-state index contributed by atoms with van der Waals surface area (Å²) in [7, 11) is 0. The lowest BCUT2D eigenvalue weighted by atomic mass is 10.1. The van der Waals surface area contributed by atoms with Gasteiger partial charge in [0.05, 0.1) is 0 Å². The highest BCUT2D eigenvalue weighted by atomic mass is 32.1. The van der Waals surface area contributed by atoms with Crippen molar-refractivity contribution in [2.24, 2.45) is 0 Å².